The summed E-state index contributed by atoms with van der Waals surface area (Å²) in [6.45, 7) is 0. The molecule has 0 atom stereocenters. The van der Waals surface area contributed by atoms with E-state index in [1.807, 2.05) is 5.92 Å². The van der Waals surface area contributed by atoms with Crippen LogP contribution in [0.3, 0.4) is 0 Å². The second kappa shape index (κ2) is 4.58. The Balaban J connectivity index is 3.31. The first-order valence-corrected chi connectivity index (χ1v) is 4.71. The summed E-state index contributed by atoms with van der Waals surface area (Å²) >= 11 is 2.90. The van der Waals surface area contributed by atoms with E-state index in [0.29, 0.717) is 0 Å². The topological polar surface area (TPSA) is 37.3 Å². The molecule has 0 aliphatic carbocycles. The summed E-state index contributed by atoms with van der Waals surface area (Å²) in [5, 5.41) is 8.26. The number of carboxylic acid groups (broad SMARTS) is 1. The van der Waals surface area contributed by atoms with Crippen molar-refractivity contribution in [3.05, 3.63) is 33.8 Å². The van der Waals surface area contributed by atoms with Gasteiger partial charge in [0.2, 0.25) is 0 Å². The Kier molecular flexibility index (Phi) is 3.60. The van der Waals surface area contributed by atoms with Gasteiger partial charge in [-0.2, -0.15) is 13.2 Å². The second-order valence-electron chi connectivity index (χ2n) is 2.74. The van der Waals surface area contributed by atoms with Crippen molar-refractivity contribution in [3.8, 4) is 11.8 Å². The largest absolute Gasteiger partial charge is 0.472 e. The van der Waals surface area contributed by atoms with Crippen LogP contribution in [0.1, 0.15) is 11.1 Å². The number of benzene rings is 1. The third-order valence-corrected chi connectivity index (χ3v) is 2.08. The van der Waals surface area contributed by atoms with Gasteiger partial charge in [0.05, 0.1) is 5.56 Å². The van der Waals surface area contributed by atoms with Crippen molar-refractivity contribution in [2.24, 2.45) is 0 Å². The van der Waals surface area contributed by atoms with Gasteiger partial charge in [0, 0.05) is 16.0 Å². The van der Waals surface area contributed by atoms with Crippen molar-refractivity contribution >= 4 is 21.9 Å². The minimum atomic E-state index is -4.56. The predicted octanol–water partition coefficient (Wildman–Crippen LogP) is 2.90. The van der Waals surface area contributed by atoms with Crippen molar-refractivity contribution < 1.29 is 23.1 Å². The van der Waals surface area contributed by atoms with Crippen LogP contribution in [0.5, 0.6) is 0 Å². The molecular formula is C10H4BrF3O2. The molecule has 0 spiro atoms. The molecule has 0 fully saturated rings. The molecule has 6 heteroatoms. The predicted molar refractivity (Wildman–Crippen MR) is 53.7 cm³/mol. The minimum Gasteiger partial charge on any atom is -0.472 e. The highest BCUT2D eigenvalue weighted by molar-refractivity contribution is 9.10. The lowest BCUT2D eigenvalue weighted by molar-refractivity contribution is -0.138. The lowest BCUT2D eigenvalue weighted by Gasteiger charge is -2.09. The molecular weight excluding hydrogens is 289 g/mol. The lowest BCUT2D eigenvalue weighted by Crippen LogP contribution is -2.07. The molecule has 1 N–H and O–H groups in total. The van der Waals surface area contributed by atoms with Crippen LogP contribution in [0.25, 0.3) is 0 Å². The van der Waals surface area contributed by atoms with Crippen LogP contribution in [0, 0.1) is 11.8 Å². The molecule has 0 aliphatic heterocycles. The number of aliphatic carboxylic acids is 1. The zero-order valence-corrected chi connectivity index (χ0v) is 9.19. The fourth-order valence-electron chi connectivity index (χ4n) is 0.981. The first kappa shape index (κ1) is 12.6. The fraction of sp³-hybridized carbons (Fsp3) is 0.100. The molecule has 0 amide bonds. The number of halogens is 4. The number of alkyl halides is 3. The molecule has 0 aromatic heterocycles. The van der Waals surface area contributed by atoms with Crippen molar-refractivity contribution in [1.29, 1.82) is 0 Å². The second-order valence-corrected chi connectivity index (χ2v) is 3.66. The normalized spacial score (nSPS) is 10.5. The summed E-state index contributed by atoms with van der Waals surface area (Å²) in [6.07, 6.45) is -4.56. The van der Waals surface area contributed by atoms with Gasteiger partial charge < -0.3 is 5.11 Å². The molecule has 0 aliphatic rings. The lowest BCUT2D eigenvalue weighted by atomic mass is 10.1. The summed E-state index contributed by atoms with van der Waals surface area (Å²) in [6, 6.07) is 3.33. The smallest absolute Gasteiger partial charge is 0.417 e. The van der Waals surface area contributed by atoms with Gasteiger partial charge in [-0.15, -0.1) is 0 Å². The molecule has 0 unspecified atom stereocenters. The highest BCUT2D eigenvalue weighted by Crippen LogP contribution is 2.33. The van der Waals surface area contributed by atoms with E-state index in [2.05, 4.69) is 15.9 Å². The Morgan fingerprint density at radius 3 is 2.50 bits per heavy atom. The van der Waals surface area contributed by atoms with E-state index in [1.54, 1.807) is 5.92 Å². The maximum Gasteiger partial charge on any atom is 0.417 e. The van der Waals surface area contributed by atoms with E-state index in [9.17, 15) is 18.0 Å². The summed E-state index contributed by atoms with van der Waals surface area (Å²) in [5.41, 5.74) is -1.33. The van der Waals surface area contributed by atoms with Crippen LogP contribution in [-0.4, -0.2) is 11.1 Å². The molecule has 1 aromatic rings. The van der Waals surface area contributed by atoms with Crippen LogP contribution in [0.15, 0.2) is 22.7 Å². The van der Waals surface area contributed by atoms with Crippen molar-refractivity contribution in [2.75, 3.05) is 0 Å². The Morgan fingerprint density at radius 2 is 2.00 bits per heavy atom. The average molecular weight is 293 g/mol. The zero-order chi connectivity index (χ0) is 12.3. The zero-order valence-electron chi connectivity index (χ0n) is 7.60. The van der Waals surface area contributed by atoms with Crippen LogP contribution in [0.2, 0.25) is 0 Å². The molecule has 1 aromatic carbocycles. The van der Waals surface area contributed by atoms with Crippen molar-refractivity contribution in [1.82, 2.24) is 0 Å². The van der Waals surface area contributed by atoms with E-state index >= 15 is 0 Å². The Bertz CT molecular complexity index is 483. The van der Waals surface area contributed by atoms with E-state index in [4.69, 9.17) is 5.11 Å². The molecule has 0 radical (unpaired) electrons. The molecule has 0 saturated carbocycles. The molecule has 0 heterocycles. The van der Waals surface area contributed by atoms with Crippen LogP contribution in [-0.2, 0) is 11.0 Å². The standard InChI is InChI=1S/C10H4BrF3O2/c11-7-3-1-6(2-4-9(15)16)8(5-7)10(12,13)14/h1,3,5H,(H,15,16). The van der Waals surface area contributed by atoms with Gasteiger partial charge in [-0.3, -0.25) is 0 Å². The van der Waals surface area contributed by atoms with E-state index < -0.39 is 17.7 Å². The number of hydrogen-bond acceptors (Lipinski definition) is 1. The van der Waals surface area contributed by atoms with Gasteiger partial charge in [-0.25, -0.2) is 4.79 Å². The maximum absolute atomic E-state index is 12.5. The monoisotopic (exact) mass is 292 g/mol. The van der Waals surface area contributed by atoms with Gasteiger partial charge in [-0.05, 0) is 18.2 Å². The highest BCUT2D eigenvalue weighted by Gasteiger charge is 2.33. The fourth-order valence-corrected chi connectivity index (χ4v) is 1.34. The SMILES string of the molecule is O=C(O)C#Cc1ccc(Br)cc1C(F)(F)F. The molecule has 2 nitrogen and oxygen atoms in total. The van der Waals surface area contributed by atoms with Crippen LogP contribution >= 0.6 is 15.9 Å². The molecule has 1 rings (SSSR count). The molecule has 16 heavy (non-hydrogen) atoms. The van der Waals surface area contributed by atoms with E-state index in [-0.39, 0.29) is 10.0 Å². The van der Waals surface area contributed by atoms with Crippen molar-refractivity contribution in [2.45, 2.75) is 6.18 Å². The quantitative estimate of drug-likeness (QED) is 0.747. The van der Waals surface area contributed by atoms with Crippen LogP contribution < -0.4 is 0 Å². The van der Waals surface area contributed by atoms with Crippen LogP contribution in [0.4, 0.5) is 13.2 Å². The van der Waals surface area contributed by atoms with Crippen molar-refractivity contribution in [3.63, 3.8) is 0 Å². The number of hydrogen-bond donors (Lipinski definition) is 1. The average Bonchev–Trinajstić information content (AvgIpc) is 2.14. The van der Waals surface area contributed by atoms with Gasteiger partial charge >= 0.3 is 12.1 Å². The third-order valence-electron chi connectivity index (χ3n) is 1.59. The first-order valence-electron chi connectivity index (χ1n) is 3.92. The number of rotatable bonds is 0. The number of carboxylic acids is 1. The number of carbonyl (C=O) groups is 1. The van der Waals surface area contributed by atoms with E-state index in [1.165, 1.54) is 6.07 Å². The Hall–Kier alpha value is -1.48. The third kappa shape index (κ3) is 3.28. The molecule has 0 saturated heterocycles. The minimum absolute atomic E-state index is 0.251. The van der Waals surface area contributed by atoms with Gasteiger partial charge in [0.1, 0.15) is 0 Å². The Labute approximate surface area is 97.2 Å². The summed E-state index contributed by atoms with van der Waals surface area (Å²) in [4.78, 5) is 10.1. The van der Waals surface area contributed by atoms with E-state index in [0.717, 1.165) is 12.1 Å². The summed E-state index contributed by atoms with van der Waals surface area (Å²) < 4.78 is 37.8. The van der Waals surface area contributed by atoms with Gasteiger partial charge in [-0.1, -0.05) is 21.9 Å². The van der Waals surface area contributed by atoms with Gasteiger partial charge in [0.15, 0.2) is 0 Å². The Morgan fingerprint density at radius 1 is 1.38 bits per heavy atom. The molecule has 84 valence electrons. The van der Waals surface area contributed by atoms with Gasteiger partial charge in [0.25, 0.3) is 0 Å². The maximum atomic E-state index is 12.5. The first-order chi connectivity index (χ1) is 7.30. The highest BCUT2D eigenvalue weighted by atomic mass is 79.9. The summed E-state index contributed by atoms with van der Waals surface area (Å²) in [5.74, 6) is 2.13. The molecule has 0 bridgehead atoms. The summed E-state index contributed by atoms with van der Waals surface area (Å²) in [7, 11) is 0.